The van der Waals surface area contributed by atoms with Crippen molar-refractivity contribution in [2.75, 3.05) is 0 Å². The number of hydrogen-bond donors (Lipinski definition) is 1. The number of thiazole rings is 1. The Hall–Kier alpha value is -2.05. The summed E-state index contributed by atoms with van der Waals surface area (Å²) in [6.07, 6.45) is 4.52. The highest BCUT2D eigenvalue weighted by Crippen LogP contribution is 2.29. The number of hydrogen-bond acceptors (Lipinski definition) is 5. The molecule has 112 valence electrons. The first-order chi connectivity index (χ1) is 10.7. The first-order valence-electron chi connectivity index (χ1n) is 7.02. The lowest BCUT2D eigenvalue weighted by Gasteiger charge is -2.03. The van der Waals surface area contributed by atoms with Crippen LogP contribution in [0.15, 0.2) is 46.1 Å². The van der Waals surface area contributed by atoms with Crippen LogP contribution in [0.4, 0.5) is 0 Å². The van der Waals surface area contributed by atoms with Crippen molar-refractivity contribution in [3.63, 3.8) is 0 Å². The molecule has 0 saturated heterocycles. The monoisotopic (exact) mass is 329 g/mol. The van der Waals surface area contributed by atoms with E-state index in [1.807, 2.05) is 36.4 Å². The molecule has 3 rings (SSSR count). The molecule has 1 aromatic carbocycles. The average Bonchev–Trinajstić information content (AvgIpc) is 3.09. The summed E-state index contributed by atoms with van der Waals surface area (Å²) >= 11 is 6.72. The summed E-state index contributed by atoms with van der Waals surface area (Å²) in [5.74, 6) is 0.220. The molecule has 1 aliphatic heterocycles. The fourth-order valence-electron chi connectivity index (χ4n) is 2.26. The summed E-state index contributed by atoms with van der Waals surface area (Å²) in [5, 5.41) is 18.5. The minimum absolute atomic E-state index is 0.220. The first kappa shape index (κ1) is 14.9. The van der Waals surface area contributed by atoms with Gasteiger partial charge in [-0.2, -0.15) is 5.10 Å². The second-order valence-corrected chi connectivity index (χ2v) is 6.54. The summed E-state index contributed by atoms with van der Waals surface area (Å²) in [4.78, 5) is 0.741. The van der Waals surface area contributed by atoms with E-state index in [1.54, 1.807) is 10.8 Å². The number of nitrogens with zero attached hydrogens (tertiary/aromatic N) is 3. The highest BCUT2D eigenvalue weighted by atomic mass is 32.1. The zero-order chi connectivity index (χ0) is 15.5. The van der Waals surface area contributed by atoms with Crippen LogP contribution in [0.2, 0.25) is 0 Å². The van der Waals surface area contributed by atoms with E-state index >= 15 is 0 Å². The van der Waals surface area contributed by atoms with E-state index in [2.05, 4.69) is 17.1 Å². The van der Waals surface area contributed by atoms with Crippen molar-refractivity contribution in [3.8, 4) is 5.88 Å². The molecule has 1 N–H and O–H groups in total. The molecule has 2 aromatic rings. The Bertz CT molecular complexity index is 829. The smallest absolute Gasteiger partial charge is 0.210 e. The third-order valence-corrected chi connectivity index (χ3v) is 4.69. The molecule has 6 heteroatoms. The minimum Gasteiger partial charge on any atom is -0.493 e. The van der Waals surface area contributed by atoms with Gasteiger partial charge in [-0.1, -0.05) is 37.3 Å². The van der Waals surface area contributed by atoms with Crippen LogP contribution in [0.25, 0.3) is 6.08 Å². The van der Waals surface area contributed by atoms with Crippen LogP contribution in [0.5, 0.6) is 5.88 Å². The largest absolute Gasteiger partial charge is 0.493 e. The Morgan fingerprint density at radius 1 is 1.32 bits per heavy atom. The van der Waals surface area contributed by atoms with Crippen LogP contribution in [-0.2, 0) is 6.54 Å². The highest BCUT2D eigenvalue weighted by molar-refractivity contribution is 7.73. The Morgan fingerprint density at radius 2 is 2.09 bits per heavy atom. The molecule has 22 heavy (non-hydrogen) atoms. The number of allylic oxidation sites excluding steroid dienone is 1. The number of benzene rings is 1. The van der Waals surface area contributed by atoms with Gasteiger partial charge in [0, 0.05) is 17.7 Å². The quantitative estimate of drug-likeness (QED) is 0.852. The topological polar surface area (TPSA) is 49.9 Å². The van der Waals surface area contributed by atoms with Crippen LogP contribution in [0, 0.1) is 3.95 Å². The minimum atomic E-state index is 0.220. The summed E-state index contributed by atoms with van der Waals surface area (Å²) in [6, 6.07) is 9.88. The summed E-state index contributed by atoms with van der Waals surface area (Å²) < 4.78 is 2.44. The van der Waals surface area contributed by atoms with Crippen LogP contribution in [0.1, 0.15) is 23.8 Å². The molecule has 0 aliphatic carbocycles. The predicted octanol–water partition coefficient (Wildman–Crippen LogP) is 4.27. The van der Waals surface area contributed by atoms with Crippen molar-refractivity contribution in [1.82, 2.24) is 4.57 Å². The Balaban J connectivity index is 1.99. The SMILES string of the molecule is CCCn1c(O)c(/C=C2/C=NN=C2c2ccccc2)sc1=S. The zero-order valence-corrected chi connectivity index (χ0v) is 13.7. The Kier molecular flexibility index (Phi) is 4.31. The van der Waals surface area contributed by atoms with Gasteiger partial charge in [0.2, 0.25) is 5.88 Å². The van der Waals surface area contributed by atoms with Gasteiger partial charge < -0.3 is 5.11 Å². The van der Waals surface area contributed by atoms with Crippen molar-refractivity contribution in [2.24, 2.45) is 10.2 Å². The van der Waals surface area contributed by atoms with Gasteiger partial charge in [-0.15, -0.1) is 16.4 Å². The van der Waals surface area contributed by atoms with Gasteiger partial charge in [-0.05, 0) is 24.7 Å². The molecule has 0 unspecified atom stereocenters. The van der Waals surface area contributed by atoms with Crippen LogP contribution >= 0.6 is 23.6 Å². The average molecular weight is 329 g/mol. The molecule has 0 amide bonds. The fourth-order valence-corrected chi connectivity index (χ4v) is 3.57. The molecule has 4 nitrogen and oxygen atoms in total. The van der Waals surface area contributed by atoms with E-state index < -0.39 is 0 Å². The zero-order valence-electron chi connectivity index (χ0n) is 12.1. The van der Waals surface area contributed by atoms with E-state index in [0.717, 1.165) is 34.7 Å². The van der Waals surface area contributed by atoms with E-state index in [4.69, 9.17) is 12.2 Å². The highest BCUT2D eigenvalue weighted by Gasteiger charge is 2.16. The van der Waals surface area contributed by atoms with E-state index in [-0.39, 0.29) is 5.88 Å². The molecule has 1 aromatic heterocycles. The second-order valence-electron chi connectivity index (χ2n) is 4.87. The van der Waals surface area contributed by atoms with Crippen LogP contribution < -0.4 is 0 Å². The van der Waals surface area contributed by atoms with Gasteiger partial charge in [-0.3, -0.25) is 4.57 Å². The maximum Gasteiger partial charge on any atom is 0.210 e. The van der Waals surface area contributed by atoms with Gasteiger partial charge in [0.25, 0.3) is 0 Å². The number of aromatic hydroxyl groups is 1. The molecule has 0 bridgehead atoms. The van der Waals surface area contributed by atoms with Gasteiger partial charge in [0.15, 0.2) is 3.95 Å². The number of aromatic nitrogens is 1. The van der Waals surface area contributed by atoms with E-state index in [0.29, 0.717) is 3.95 Å². The molecule has 0 saturated carbocycles. The van der Waals surface area contributed by atoms with E-state index in [1.165, 1.54) is 11.3 Å². The molecule has 0 spiro atoms. The van der Waals surface area contributed by atoms with Crippen molar-refractivity contribution in [3.05, 3.63) is 50.3 Å². The molecule has 0 radical (unpaired) electrons. The van der Waals surface area contributed by atoms with Crippen molar-refractivity contribution >= 4 is 41.6 Å². The maximum absolute atomic E-state index is 10.3. The van der Waals surface area contributed by atoms with Crippen molar-refractivity contribution < 1.29 is 5.11 Å². The normalized spacial score (nSPS) is 15.5. The first-order valence-corrected chi connectivity index (χ1v) is 8.24. The van der Waals surface area contributed by atoms with Gasteiger partial charge in [0.05, 0.1) is 11.1 Å². The molecule has 2 heterocycles. The Labute approximate surface area is 137 Å². The molecular formula is C16H15N3OS2. The summed E-state index contributed by atoms with van der Waals surface area (Å²) in [5.41, 5.74) is 2.69. The molecule has 0 fully saturated rings. The third-order valence-electron chi connectivity index (χ3n) is 3.30. The lowest BCUT2D eigenvalue weighted by Crippen LogP contribution is -2.01. The second kappa shape index (κ2) is 6.37. The molecule has 0 atom stereocenters. The maximum atomic E-state index is 10.3. The van der Waals surface area contributed by atoms with Gasteiger partial charge in [-0.25, -0.2) is 0 Å². The molecule has 1 aliphatic rings. The lowest BCUT2D eigenvalue weighted by molar-refractivity contribution is 0.413. The fraction of sp³-hybridized carbons (Fsp3) is 0.188. The molecular weight excluding hydrogens is 314 g/mol. The van der Waals surface area contributed by atoms with E-state index in [9.17, 15) is 5.11 Å². The third kappa shape index (κ3) is 2.80. The number of rotatable bonds is 4. The standard InChI is InChI=1S/C16H15N3OS2/c1-2-8-19-15(20)13(22-16(19)21)9-12-10-17-18-14(12)11-6-4-3-5-7-11/h3-7,9-10,20H,2,8H2,1H3/b12-9-. The van der Waals surface area contributed by atoms with Crippen molar-refractivity contribution in [2.45, 2.75) is 19.9 Å². The van der Waals surface area contributed by atoms with Gasteiger partial charge >= 0.3 is 0 Å². The van der Waals surface area contributed by atoms with Crippen LogP contribution in [-0.4, -0.2) is 21.6 Å². The predicted molar refractivity (Wildman–Crippen MR) is 94.5 cm³/mol. The summed E-state index contributed by atoms with van der Waals surface area (Å²) in [6.45, 7) is 2.78. The van der Waals surface area contributed by atoms with Gasteiger partial charge in [0.1, 0.15) is 5.71 Å². The van der Waals surface area contributed by atoms with Crippen LogP contribution in [0.3, 0.4) is 0 Å². The lowest BCUT2D eigenvalue weighted by atomic mass is 10.0. The Morgan fingerprint density at radius 3 is 2.82 bits per heavy atom. The summed E-state index contributed by atoms with van der Waals surface area (Å²) in [7, 11) is 0. The van der Waals surface area contributed by atoms with Crippen molar-refractivity contribution in [1.29, 1.82) is 0 Å².